The molecule has 8 aromatic carbocycles. The maximum atomic E-state index is 6.12. The summed E-state index contributed by atoms with van der Waals surface area (Å²) in [6.07, 6.45) is 0. The van der Waals surface area contributed by atoms with Crippen molar-refractivity contribution in [2.45, 2.75) is 80.1 Å². The fraction of sp³-hybridized carbons (Fsp3) is 0.200. The Morgan fingerprint density at radius 2 is 0.683 bits per heavy atom. The van der Waals surface area contributed by atoms with E-state index >= 15 is 0 Å². The van der Waals surface area contributed by atoms with Gasteiger partial charge in [0.25, 0.3) is 0 Å². The molecule has 0 unspecified atom stereocenters. The fourth-order valence-electron chi connectivity index (χ4n) is 9.11. The third-order valence-corrected chi connectivity index (χ3v) is 13.1. The average Bonchev–Trinajstić information content (AvgIpc) is 3.61. The van der Waals surface area contributed by atoms with Crippen LogP contribution in [0.3, 0.4) is 0 Å². The van der Waals surface area contributed by atoms with E-state index in [1.54, 1.807) is 0 Å². The van der Waals surface area contributed by atoms with Crippen LogP contribution in [0, 0.1) is 41.5 Å². The molecule has 10 rings (SSSR count). The summed E-state index contributed by atoms with van der Waals surface area (Å²) < 4.78 is 0. The van der Waals surface area contributed by atoms with Crippen molar-refractivity contribution in [3.8, 4) is 22.3 Å². The van der Waals surface area contributed by atoms with E-state index in [1.807, 2.05) is 6.07 Å². The summed E-state index contributed by atoms with van der Waals surface area (Å²) in [5.41, 5.74) is 24.6. The molecule has 0 saturated heterocycles. The number of hydrogen-bond donors (Lipinski definition) is 1. The number of halogens is 1. The molecule has 1 N–H and O–H groups in total. The van der Waals surface area contributed by atoms with Crippen LogP contribution in [0.2, 0.25) is 5.02 Å². The van der Waals surface area contributed by atoms with Crippen LogP contribution >= 0.6 is 11.6 Å². The molecule has 0 radical (unpaired) electrons. The zero-order valence-electron chi connectivity index (χ0n) is 38.5. The van der Waals surface area contributed by atoms with Crippen molar-refractivity contribution in [2.75, 3.05) is 10.2 Å². The standard InChI is InChI=1S/C30H29N.C16H15Cl.C14H15N/c1-20-6-11-23(12-7-20)31(24-13-8-21(2)9-14-24)25-15-16-26-27-18-22(3)10-17-28(27)30(4,5)29(26)19-25;1-10-4-7-14-13(8-10)12-6-5-11(17)9-15(12)16(14,2)3;1-11-3-7-13(8-4-11)15-14-9-5-12(2)6-10-14/h6-19H,1-5H3;4-9H,1-3H3;3-10,15H,1-2H3. The monoisotopic (exact) mass is 842 g/mol. The molecule has 63 heavy (non-hydrogen) atoms. The van der Waals surface area contributed by atoms with Gasteiger partial charge in [-0.05, 0) is 159 Å². The average molecular weight is 844 g/mol. The van der Waals surface area contributed by atoms with Gasteiger partial charge < -0.3 is 10.2 Å². The molecule has 2 nitrogen and oxygen atoms in total. The van der Waals surface area contributed by atoms with Gasteiger partial charge in [0.1, 0.15) is 0 Å². The molecular weight excluding hydrogens is 784 g/mol. The molecule has 0 aliphatic heterocycles. The second kappa shape index (κ2) is 17.4. The lowest BCUT2D eigenvalue weighted by Gasteiger charge is -2.28. The first-order valence-corrected chi connectivity index (χ1v) is 22.5. The van der Waals surface area contributed by atoms with Crippen LogP contribution in [-0.4, -0.2) is 0 Å². The first kappa shape index (κ1) is 43.3. The summed E-state index contributed by atoms with van der Waals surface area (Å²) in [7, 11) is 0. The van der Waals surface area contributed by atoms with Gasteiger partial charge in [0.15, 0.2) is 0 Å². The third-order valence-electron chi connectivity index (χ3n) is 12.8. The van der Waals surface area contributed by atoms with Gasteiger partial charge in [0.05, 0.1) is 0 Å². The molecule has 8 aromatic rings. The van der Waals surface area contributed by atoms with Crippen LogP contribution in [0.1, 0.15) is 83.3 Å². The second-order valence-corrected chi connectivity index (χ2v) is 19.1. The lowest BCUT2D eigenvalue weighted by molar-refractivity contribution is 0.660. The summed E-state index contributed by atoms with van der Waals surface area (Å²) >= 11 is 6.12. The SMILES string of the molecule is Cc1ccc(N(c2ccc(C)cc2)c2ccc3c(c2)C(C)(C)c2ccc(C)cc2-3)cc1.Cc1ccc(Nc2ccc(C)cc2)cc1.Cc1ccc2c(c1)-c1ccc(Cl)cc1C2(C)C. The summed E-state index contributed by atoms with van der Waals surface area (Å²) in [5, 5.41) is 4.18. The Morgan fingerprint density at radius 1 is 0.333 bits per heavy atom. The molecule has 0 aromatic heterocycles. The number of rotatable bonds is 5. The number of benzene rings is 8. The summed E-state index contributed by atoms with van der Waals surface area (Å²) in [6, 6.07) is 61.2. The number of nitrogens with zero attached hydrogens (tertiary/aromatic N) is 1. The molecule has 0 heterocycles. The van der Waals surface area contributed by atoms with Crippen molar-refractivity contribution < 1.29 is 0 Å². The van der Waals surface area contributed by atoms with Crippen LogP contribution in [0.5, 0.6) is 0 Å². The number of hydrogen-bond acceptors (Lipinski definition) is 2. The Morgan fingerprint density at radius 3 is 1.11 bits per heavy atom. The molecule has 0 spiro atoms. The van der Waals surface area contributed by atoms with Crippen LogP contribution in [0.25, 0.3) is 22.3 Å². The van der Waals surface area contributed by atoms with E-state index in [0.29, 0.717) is 0 Å². The number of nitrogens with one attached hydrogen (secondary N) is 1. The lowest BCUT2D eigenvalue weighted by atomic mass is 9.82. The lowest BCUT2D eigenvalue weighted by Crippen LogP contribution is -2.16. The minimum Gasteiger partial charge on any atom is -0.356 e. The molecule has 316 valence electrons. The first-order valence-electron chi connectivity index (χ1n) is 22.1. The zero-order valence-corrected chi connectivity index (χ0v) is 39.2. The van der Waals surface area contributed by atoms with E-state index in [2.05, 4.69) is 243 Å². The van der Waals surface area contributed by atoms with Crippen LogP contribution < -0.4 is 10.2 Å². The van der Waals surface area contributed by atoms with E-state index in [9.17, 15) is 0 Å². The quantitative estimate of drug-likeness (QED) is 0.186. The van der Waals surface area contributed by atoms with Gasteiger partial charge in [-0.3, -0.25) is 0 Å². The maximum Gasteiger partial charge on any atom is 0.0465 e. The van der Waals surface area contributed by atoms with Gasteiger partial charge in [-0.2, -0.15) is 0 Å². The van der Waals surface area contributed by atoms with E-state index in [4.69, 9.17) is 11.6 Å². The molecule has 0 fully saturated rings. The van der Waals surface area contributed by atoms with Crippen molar-refractivity contribution in [3.63, 3.8) is 0 Å². The summed E-state index contributed by atoms with van der Waals surface area (Å²) in [4.78, 5) is 2.36. The summed E-state index contributed by atoms with van der Waals surface area (Å²) in [6.45, 7) is 22.0. The molecule has 0 saturated carbocycles. The van der Waals surface area contributed by atoms with Gasteiger partial charge >= 0.3 is 0 Å². The van der Waals surface area contributed by atoms with E-state index < -0.39 is 0 Å². The fourth-order valence-corrected chi connectivity index (χ4v) is 9.28. The second-order valence-electron chi connectivity index (χ2n) is 18.6. The molecule has 0 amide bonds. The van der Waals surface area contributed by atoms with Crippen LogP contribution in [0.15, 0.2) is 170 Å². The number of anilines is 5. The molecule has 3 heteroatoms. The Hall–Kier alpha value is -6.35. The number of fused-ring (bicyclic) bond motifs is 6. The highest BCUT2D eigenvalue weighted by atomic mass is 35.5. The van der Waals surface area contributed by atoms with Crippen molar-refractivity contribution in [1.82, 2.24) is 0 Å². The van der Waals surface area contributed by atoms with Crippen molar-refractivity contribution in [1.29, 1.82) is 0 Å². The van der Waals surface area contributed by atoms with E-state index in [0.717, 1.165) is 16.4 Å². The van der Waals surface area contributed by atoms with Crippen LogP contribution in [0.4, 0.5) is 28.4 Å². The Bertz CT molecular complexity index is 2810. The van der Waals surface area contributed by atoms with Crippen LogP contribution in [-0.2, 0) is 10.8 Å². The predicted octanol–water partition coefficient (Wildman–Crippen LogP) is 17.4. The van der Waals surface area contributed by atoms with Crippen molar-refractivity contribution >= 4 is 40.0 Å². The van der Waals surface area contributed by atoms with Gasteiger partial charge in [0, 0.05) is 44.3 Å². The van der Waals surface area contributed by atoms with E-state index in [-0.39, 0.29) is 10.8 Å². The molecule has 2 aliphatic rings. The van der Waals surface area contributed by atoms with Crippen molar-refractivity contribution in [2.24, 2.45) is 0 Å². The van der Waals surface area contributed by atoms with Crippen molar-refractivity contribution in [3.05, 3.63) is 231 Å². The third kappa shape index (κ3) is 8.97. The normalized spacial score (nSPS) is 13.3. The molecule has 0 bridgehead atoms. The maximum absolute atomic E-state index is 6.12. The van der Waals surface area contributed by atoms with Gasteiger partial charge in [0.2, 0.25) is 0 Å². The highest BCUT2D eigenvalue weighted by molar-refractivity contribution is 6.30. The summed E-state index contributed by atoms with van der Waals surface area (Å²) in [5.74, 6) is 0. The smallest absolute Gasteiger partial charge is 0.0465 e. The minimum atomic E-state index is -0.0133. The molecular formula is C60H59ClN2. The first-order chi connectivity index (χ1) is 30.1. The molecule has 2 aliphatic carbocycles. The Kier molecular flexibility index (Phi) is 12.0. The van der Waals surface area contributed by atoms with Gasteiger partial charge in [-0.25, -0.2) is 0 Å². The predicted molar refractivity (Wildman–Crippen MR) is 272 cm³/mol. The largest absolute Gasteiger partial charge is 0.356 e. The Labute approximate surface area is 381 Å². The zero-order chi connectivity index (χ0) is 44.6. The van der Waals surface area contributed by atoms with Gasteiger partial charge in [-0.1, -0.05) is 170 Å². The van der Waals surface area contributed by atoms with E-state index in [1.165, 1.54) is 95.0 Å². The number of aryl methyl sites for hydroxylation is 6. The van der Waals surface area contributed by atoms with Gasteiger partial charge in [-0.15, -0.1) is 0 Å². The highest BCUT2D eigenvalue weighted by Gasteiger charge is 2.37. The topological polar surface area (TPSA) is 15.3 Å². The minimum absolute atomic E-state index is 0.0133. The Balaban J connectivity index is 0.000000143. The highest BCUT2D eigenvalue weighted by Crippen LogP contribution is 2.51. The molecule has 0 atom stereocenters.